The van der Waals surface area contributed by atoms with Gasteiger partial charge in [-0.3, -0.25) is 39.6 Å². The number of benzene rings is 8. The number of amides is 5. The number of likely N-dealkylation sites (N-methyl/N-ethyl adjacent to an activating group) is 1. The maximum atomic E-state index is 13.3. The highest BCUT2D eigenvalue weighted by Crippen LogP contribution is 2.30. The highest BCUT2D eigenvalue weighted by molar-refractivity contribution is 5.97. The van der Waals surface area contributed by atoms with Crippen LogP contribution in [0, 0.1) is 70.6 Å². The van der Waals surface area contributed by atoms with Crippen molar-refractivity contribution in [1.29, 1.82) is 0 Å². The topological polar surface area (TPSA) is 280 Å². The van der Waals surface area contributed by atoms with E-state index in [0.29, 0.717) is 85.7 Å². The number of aromatic nitrogens is 8. The van der Waals surface area contributed by atoms with Crippen LogP contribution < -0.4 is 40.9 Å². The zero-order chi connectivity index (χ0) is 97.7. The van der Waals surface area contributed by atoms with E-state index in [1.54, 1.807) is 90.4 Å². The van der Waals surface area contributed by atoms with Crippen molar-refractivity contribution in [1.82, 2.24) is 76.8 Å². The smallest absolute Gasteiger partial charge is 0.410 e. The summed E-state index contributed by atoms with van der Waals surface area (Å²) in [4.78, 5) is 79.1. The third kappa shape index (κ3) is 32.0. The molecular weight excluding hydrogens is 1760 g/mol. The number of anilines is 4. The molecule has 4 saturated heterocycles. The second-order valence-electron chi connectivity index (χ2n) is 35.3. The van der Waals surface area contributed by atoms with Crippen LogP contribution in [0.1, 0.15) is 181 Å². The number of hydrogen-bond donors (Lipinski definition) is 8. The number of nitrogens with one attached hydrogen (secondary N) is 8. The van der Waals surface area contributed by atoms with Gasteiger partial charge in [0.1, 0.15) is 28.9 Å². The summed E-state index contributed by atoms with van der Waals surface area (Å²) in [5.41, 5.74) is 17.2. The molecular formula is C110H119F4N19O6. The number of hydrogen-bond acceptors (Lipinski definition) is 16. The predicted molar refractivity (Wildman–Crippen MR) is 537 cm³/mol. The van der Waals surface area contributed by atoms with Crippen molar-refractivity contribution in [2.24, 2.45) is 0 Å². The number of halogens is 4. The van der Waals surface area contributed by atoms with Crippen LogP contribution in [0.15, 0.2) is 232 Å². The predicted octanol–water partition coefficient (Wildman–Crippen LogP) is 15.7. The molecule has 718 valence electrons. The van der Waals surface area contributed by atoms with Crippen molar-refractivity contribution in [3.63, 3.8) is 0 Å². The number of carbonyl (C=O) groups excluding carboxylic acids is 5. The third-order valence-corrected chi connectivity index (χ3v) is 23.7. The van der Waals surface area contributed by atoms with Crippen molar-refractivity contribution in [3.05, 3.63) is 344 Å². The second kappa shape index (κ2) is 51.4. The van der Waals surface area contributed by atoms with Crippen LogP contribution in [0.3, 0.4) is 0 Å². The van der Waals surface area contributed by atoms with Gasteiger partial charge in [0, 0.05) is 215 Å². The van der Waals surface area contributed by atoms with Gasteiger partial charge in [-0.1, -0.05) is 53.9 Å². The van der Waals surface area contributed by atoms with Gasteiger partial charge in [-0.15, -0.1) is 0 Å². The van der Waals surface area contributed by atoms with E-state index in [0.717, 1.165) is 214 Å². The molecule has 8 N–H and O–H groups in total. The van der Waals surface area contributed by atoms with Crippen LogP contribution in [0.5, 0.6) is 0 Å². The number of nitrogens with zero attached hydrogens (tertiary/aromatic N) is 11. The number of H-pyrrole nitrogens is 4. The Kier molecular flexibility index (Phi) is 37.3. The van der Waals surface area contributed by atoms with Crippen molar-refractivity contribution in [2.45, 2.75) is 104 Å². The van der Waals surface area contributed by atoms with E-state index in [1.807, 2.05) is 113 Å². The number of aryl methyl sites for hydroxylation is 4. The Hall–Kier alpha value is -15.6. The molecule has 4 fully saturated rings. The van der Waals surface area contributed by atoms with Crippen LogP contribution in [-0.4, -0.2) is 216 Å². The number of piperidine rings is 1. The molecule has 4 aromatic heterocycles. The first-order valence-corrected chi connectivity index (χ1v) is 47.2. The molecule has 29 heteroatoms. The summed E-state index contributed by atoms with van der Waals surface area (Å²) in [6, 6.07) is 47.0. The van der Waals surface area contributed by atoms with Crippen molar-refractivity contribution < 1.29 is 46.3 Å². The Bertz CT molecular complexity index is 6290. The average molecular weight is 1880 g/mol. The van der Waals surface area contributed by atoms with Crippen LogP contribution in [0.25, 0.3) is 0 Å². The molecule has 139 heavy (non-hydrogen) atoms. The summed E-state index contributed by atoms with van der Waals surface area (Å²) in [6.45, 7) is 25.4. The molecule has 0 saturated carbocycles. The zero-order valence-electron chi connectivity index (χ0n) is 79.4. The summed E-state index contributed by atoms with van der Waals surface area (Å²) in [5.74, 6) is 23.6. The highest BCUT2D eigenvalue weighted by Gasteiger charge is 2.29. The van der Waals surface area contributed by atoms with Crippen molar-refractivity contribution in [3.8, 4) is 47.4 Å². The Morgan fingerprint density at radius 1 is 0.353 bits per heavy atom. The lowest BCUT2D eigenvalue weighted by Gasteiger charge is -2.38. The molecule has 0 atom stereocenters. The fraction of sp³-hybridized carbons (Fsp3) is 0.318. The summed E-state index contributed by atoms with van der Waals surface area (Å²) >= 11 is 0. The minimum Gasteiger partial charge on any atom is -0.444 e. The Labute approximate surface area is 810 Å². The van der Waals surface area contributed by atoms with Gasteiger partial charge in [0.05, 0.1) is 47.5 Å². The number of piperazine rings is 3. The largest absolute Gasteiger partial charge is 0.444 e. The number of allylic oxidation sites excluding steroid dienone is 1. The first kappa shape index (κ1) is 101. The Morgan fingerprint density at radius 2 is 0.612 bits per heavy atom. The minimum absolute atomic E-state index is 0.104. The lowest BCUT2D eigenvalue weighted by atomic mass is 10.0. The normalized spacial score (nSPS) is 13.5. The quantitative estimate of drug-likeness (QED) is 0.0150. The minimum atomic E-state index is -0.549. The SMILES string of the molecule is C=C(C)N1CCN(c2ccc(C(=O)NCCCc3cn[nH]c3)cc2C#Cc2ccc(F)cc2)CC1.CC(C)(C)OC(=O)N1CCN(c2ccc(C(=O)NCCCc3cn[nH]c3)cc2C#Cc2ccc(F)cc2)CC1.CN1CCN(c2ccc(C(=O)NCCCc3cn[nH]c3)cc2C#Cc2ccc(F)cc2)CC1.O=C(NCCCc1cn[nH]c1)c1ccc(N2CCCCC2)c(C#Cc2ccc(F)cc2)c1. The van der Waals surface area contributed by atoms with Crippen molar-refractivity contribution in [2.75, 3.05) is 144 Å². The zero-order valence-corrected chi connectivity index (χ0v) is 79.4. The van der Waals surface area contributed by atoms with E-state index in [-0.39, 0.29) is 53.0 Å². The molecule has 0 radical (unpaired) electrons. The third-order valence-electron chi connectivity index (χ3n) is 23.7. The number of aromatic amines is 4. The average Bonchev–Trinajstić information content (AvgIpc) is 0.887. The van der Waals surface area contributed by atoms with E-state index in [2.05, 4.69) is 152 Å². The molecule has 4 aliphatic rings. The van der Waals surface area contributed by atoms with Crippen LogP contribution in [-0.2, 0) is 30.4 Å². The Morgan fingerprint density at radius 3 is 0.863 bits per heavy atom. The molecule has 8 heterocycles. The second-order valence-corrected chi connectivity index (χ2v) is 35.3. The summed E-state index contributed by atoms with van der Waals surface area (Å²) in [6.07, 6.45) is 24.5. The summed E-state index contributed by atoms with van der Waals surface area (Å²) in [7, 11) is 2.12. The molecule has 0 spiro atoms. The molecule has 4 aliphatic heterocycles. The molecule has 0 unspecified atom stereocenters. The molecule has 25 nitrogen and oxygen atoms in total. The monoisotopic (exact) mass is 1880 g/mol. The van der Waals surface area contributed by atoms with Gasteiger partial charge in [0.15, 0.2) is 0 Å². The highest BCUT2D eigenvalue weighted by atomic mass is 19.1. The summed E-state index contributed by atoms with van der Waals surface area (Å²) in [5, 5.41) is 38.9. The number of ether oxygens (including phenoxy) is 1. The van der Waals surface area contributed by atoms with Gasteiger partial charge in [-0.2, -0.15) is 20.4 Å². The van der Waals surface area contributed by atoms with Crippen molar-refractivity contribution >= 4 is 52.5 Å². The van der Waals surface area contributed by atoms with Gasteiger partial charge in [-0.05, 0) is 297 Å². The standard InChI is InChI=1S/C30H34FN5O3.C28H30FN5O.C26H28FN5O.C26H27FN4O/c1-30(2,3)39-29(38)36-17-15-35(16-18-36)27-13-10-25(28(37)32-14-4-5-23-20-33-34-21-23)19-24(27)9-6-22-7-11-26(31)12-8-22;1-21(2)33-14-16-34(17-15-33)27-12-9-25(28(35)30-13-3-4-23-19-31-32-20-23)18-24(27)8-5-22-6-10-26(29)11-7-22;1-31-13-15-32(16-14-31)25-11-8-23(26(33)28-12-2-3-21-18-29-30-19-21)17-22(25)7-4-20-5-9-24(27)10-6-20;27-24-11-7-20(8-12-24)6-9-22-17-23(10-13-25(22)31-15-2-1-3-16-31)26(32)28-14-4-5-21-18-29-30-19-21/h7-8,10-13,19-21H,4-5,14-18H2,1-3H3,(H,32,37)(H,33,34);6-7,9-12,18-20H,1,3-4,13-17H2,2H3,(H,30,35)(H,31,32);5-6,8-11,17-19H,2-3,12-16H2,1H3,(H,28,33)(H,29,30);7-8,10-13,17-19H,1-5,14-16H2,(H,28,32)(H,29,30). The fourth-order valence-electron chi connectivity index (χ4n) is 15.9. The maximum Gasteiger partial charge on any atom is 0.410 e. The molecule has 16 rings (SSSR count). The molecule has 8 aromatic carbocycles. The lowest BCUT2D eigenvalue weighted by Crippen LogP contribution is -2.50. The Balaban J connectivity index is 0.000000157. The van der Waals surface area contributed by atoms with Gasteiger partial charge < -0.3 is 60.3 Å². The molecule has 0 aliphatic carbocycles. The maximum absolute atomic E-state index is 13.3. The molecule has 12 aromatic rings. The fourth-order valence-corrected chi connectivity index (χ4v) is 15.9. The van der Waals surface area contributed by atoms with Gasteiger partial charge >= 0.3 is 6.09 Å². The first-order valence-electron chi connectivity index (χ1n) is 47.2. The molecule has 0 bridgehead atoms. The van der Waals surface area contributed by atoms with E-state index >= 15 is 0 Å². The van der Waals surface area contributed by atoms with Gasteiger partial charge in [-0.25, -0.2) is 22.4 Å². The number of carbonyl (C=O) groups is 5. The summed E-state index contributed by atoms with van der Waals surface area (Å²) < 4.78 is 58.6. The lowest BCUT2D eigenvalue weighted by molar-refractivity contribution is 0.0240. The van der Waals surface area contributed by atoms with Gasteiger partial charge in [0.25, 0.3) is 23.6 Å². The van der Waals surface area contributed by atoms with E-state index in [1.165, 1.54) is 55.0 Å². The van der Waals surface area contributed by atoms with Crippen LogP contribution in [0.4, 0.5) is 45.1 Å². The van der Waals surface area contributed by atoms with Gasteiger partial charge in [0.2, 0.25) is 0 Å². The number of rotatable bonds is 25. The van der Waals surface area contributed by atoms with E-state index in [4.69, 9.17) is 4.74 Å². The van der Waals surface area contributed by atoms with Crippen LogP contribution >= 0.6 is 0 Å². The first-order chi connectivity index (χ1) is 67.4. The van der Waals surface area contributed by atoms with Crippen LogP contribution in [0.2, 0.25) is 0 Å². The molecule has 5 amide bonds. The van der Waals surface area contributed by atoms with E-state index in [9.17, 15) is 41.5 Å². The van der Waals surface area contributed by atoms with E-state index < -0.39 is 5.60 Å².